The Labute approximate surface area is 120 Å². The fraction of sp³-hybridized carbons (Fsp3) is 0.417. The third kappa shape index (κ3) is 4.13. The molecule has 1 aromatic rings. The average Bonchev–Trinajstić information content (AvgIpc) is 2.82. The van der Waals surface area contributed by atoms with Crippen molar-refractivity contribution in [1.29, 1.82) is 0 Å². The number of nitrogens with one attached hydrogen (secondary N) is 1. The quantitative estimate of drug-likeness (QED) is 0.362. The maximum absolute atomic E-state index is 12.1. The van der Waals surface area contributed by atoms with Gasteiger partial charge in [0.25, 0.3) is 5.91 Å². The maximum atomic E-state index is 12.1. The molecule has 0 aliphatic heterocycles. The molecule has 1 rings (SSSR count). The maximum Gasteiger partial charge on any atom is 0.332 e. The van der Waals surface area contributed by atoms with Crippen LogP contribution in [0.1, 0.15) is 31.3 Å². The van der Waals surface area contributed by atoms with E-state index in [-0.39, 0.29) is 18.0 Å². The normalized spacial score (nSPS) is 11.1. The molecule has 9 heteroatoms. The number of hydrogen-bond acceptors (Lipinski definition) is 6. The van der Waals surface area contributed by atoms with Crippen LogP contribution in [0.3, 0.4) is 0 Å². The second-order valence-corrected chi connectivity index (χ2v) is 3.98. The average molecular weight is 296 g/mol. The summed E-state index contributed by atoms with van der Waals surface area (Å²) < 4.78 is 5.91. The van der Waals surface area contributed by atoms with E-state index in [0.717, 1.165) is 12.3 Å². The minimum atomic E-state index is -0.709. The van der Waals surface area contributed by atoms with Crippen molar-refractivity contribution in [2.45, 2.75) is 27.3 Å². The van der Waals surface area contributed by atoms with E-state index in [4.69, 9.17) is 4.74 Å². The lowest BCUT2D eigenvalue weighted by molar-refractivity contribution is -0.385. The van der Waals surface area contributed by atoms with E-state index in [2.05, 4.69) is 10.4 Å². The Morgan fingerprint density at radius 2 is 2.19 bits per heavy atom. The summed E-state index contributed by atoms with van der Waals surface area (Å²) in [4.78, 5) is 33.5. The molecule has 0 unspecified atom stereocenters. The van der Waals surface area contributed by atoms with Crippen molar-refractivity contribution < 1.29 is 19.2 Å². The zero-order valence-electron chi connectivity index (χ0n) is 12.0. The van der Waals surface area contributed by atoms with Gasteiger partial charge in [-0.3, -0.25) is 19.6 Å². The molecule has 0 aliphatic rings. The first-order chi connectivity index (χ1) is 9.90. The second kappa shape index (κ2) is 7.17. The molecule has 9 nitrogen and oxygen atoms in total. The van der Waals surface area contributed by atoms with Crippen LogP contribution in [0.4, 0.5) is 5.69 Å². The number of carbonyl (C=O) groups is 2. The van der Waals surface area contributed by atoms with Gasteiger partial charge < -0.3 is 10.1 Å². The van der Waals surface area contributed by atoms with Gasteiger partial charge in [0.15, 0.2) is 0 Å². The highest BCUT2D eigenvalue weighted by molar-refractivity contribution is 5.98. The minimum absolute atomic E-state index is 0.167. The molecule has 0 saturated heterocycles. The highest BCUT2D eigenvalue weighted by Gasteiger charge is 2.26. The standard InChI is InChI=1S/C12H16N4O5/c1-4-15-11(9(7-13-15)16(19)20)12(18)14-8(3)6-10(17)21-5-2/h6-7H,4-5H2,1-3H3,(H,14,18)/b8-6+. The number of amides is 1. The second-order valence-electron chi connectivity index (χ2n) is 3.98. The van der Waals surface area contributed by atoms with Crippen LogP contribution in [0, 0.1) is 10.1 Å². The topological polar surface area (TPSA) is 116 Å². The Kier molecular flexibility index (Phi) is 5.58. The minimum Gasteiger partial charge on any atom is -0.463 e. The van der Waals surface area contributed by atoms with Gasteiger partial charge in [0, 0.05) is 18.3 Å². The van der Waals surface area contributed by atoms with Crippen LogP contribution < -0.4 is 5.32 Å². The van der Waals surface area contributed by atoms with Crippen LogP contribution in [0.2, 0.25) is 0 Å². The third-order valence-corrected chi connectivity index (χ3v) is 2.46. The van der Waals surface area contributed by atoms with E-state index >= 15 is 0 Å². The molecule has 0 aromatic carbocycles. The SMILES string of the molecule is CCOC(=O)/C=C(\C)NC(=O)c1c([N+](=O)[O-])cnn1CC. The lowest BCUT2D eigenvalue weighted by Gasteiger charge is -2.06. The molecule has 0 bridgehead atoms. The van der Waals surface area contributed by atoms with Gasteiger partial charge in [-0.15, -0.1) is 0 Å². The van der Waals surface area contributed by atoms with Crippen LogP contribution in [-0.4, -0.2) is 33.2 Å². The molecule has 21 heavy (non-hydrogen) atoms. The molecule has 0 fully saturated rings. The summed E-state index contributed by atoms with van der Waals surface area (Å²) >= 11 is 0. The van der Waals surface area contributed by atoms with E-state index in [1.54, 1.807) is 13.8 Å². The van der Waals surface area contributed by atoms with Crippen molar-refractivity contribution in [2.75, 3.05) is 6.61 Å². The van der Waals surface area contributed by atoms with Gasteiger partial charge in [-0.05, 0) is 20.8 Å². The number of ether oxygens (including phenoxy) is 1. The summed E-state index contributed by atoms with van der Waals surface area (Å²) in [6, 6.07) is 0. The van der Waals surface area contributed by atoms with E-state index in [9.17, 15) is 19.7 Å². The molecule has 114 valence electrons. The van der Waals surface area contributed by atoms with Crippen molar-refractivity contribution in [3.05, 3.63) is 33.8 Å². The lowest BCUT2D eigenvalue weighted by atomic mass is 10.3. The van der Waals surface area contributed by atoms with Crippen LogP contribution in [0.5, 0.6) is 0 Å². The number of esters is 1. The Morgan fingerprint density at radius 3 is 2.71 bits per heavy atom. The first kappa shape index (κ1) is 16.3. The van der Waals surface area contributed by atoms with E-state index < -0.39 is 22.5 Å². The lowest BCUT2D eigenvalue weighted by Crippen LogP contribution is -2.26. The number of carbonyl (C=O) groups excluding carboxylic acids is 2. The van der Waals surface area contributed by atoms with Crippen molar-refractivity contribution in [2.24, 2.45) is 0 Å². The summed E-state index contributed by atoms with van der Waals surface area (Å²) in [7, 11) is 0. The third-order valence-electron chi connectivity index (χ3n) is 2.46. The number of rotatable bonds is 6. The summed E-state index contributed by atoms with van der Waals surface area (Å²) in [6.45, 7) is 5.35. The summed E-state index contributed by atoms with van der Waals surface area (Å²) in [5.74, 6) is -1.31. The van der Waals surface area contributed by atoms with Gasteiger partial charge >= 0.3 is 11.7 Å². The first-order valence-electron chi connectivity index (χ1n) is 6.27. The monoisotopic (exact) mass is 296 g/mol. The van der Waals surface area contributed by atoms with Gasteiger partial charge in [0.1, 0.15) is 6.20 Å². The molecular weight excluding hydrogens is 280 g/mol. The van der Waals surface area contributed by atoms with Crippen LogP contribution in [-0.2, 0) is 16.1 Å². The number of nitro groups is 1. The fourth-order valence-electron chi connectivity index (χ4n) is 1.62. The first-order valence-corrected chi connectivity index (χ1v) is 6.27. The van der Waals surface area contributed by atoms with Gasteiger partial charge in [-0.1, -0.05) is 0 Å². The summed E-state index contributed by atoms with van der Waals surface area (Å²) in [5, 5.41) is 17.1. The Hall–Kier alpha value is -2.71. The van der Waals surface area contributed by atoms with Crippen LogP contribution in [0.15, 0.2) is 18.0 Å². The molecule has 0 spiro atoms. The largest absolute Gasteiger partial charge is 0.463 e. The highest BCUT2D eigenvalue weighted by atomic mass is 16.6. The Morgan fingerprint density at radius 1 is 1.52 bits per heavy atom. The predicted molar refractivity (Wildman–Crippen MR) is 72.4 cm³/mol. The molecule has 1 aromatic heterocycles. The van der Waals surface area contributed by atoms with Gasteiger partial charge in [-0.2, -0.15) is 5.10 Å². The van der Waals surface area contributed by atoms with Crippen LogP contribution in [0.25, 0.3) is 0 Å². The van der Waals surface area contributed by atoms with Crippen molar-refractivity contribution >= 4 is 17.6 Å². The zero-order chi connectivity index (χ0) is 16.0. The van der Waals surface area contributed by atoms with Crippen molar-refractivity contribution in [3.8, 4) is 0 Å². The van der Waals surface area contributed by atoms with E-state index in [1.807, 2.05) is 0 Å². The molecule has 1 N–H and O–H groups in total. The molecule has 0 aliphatic carbocycles. The zero-order valence-corrected chi connectivity index (χ0v) is 12.0. The molecular formula is C12H16N4O5. The predicted octanol–water partition coefficient (Wildman–Crippen LogP) is 1.01. The highest BCUT2D eigenvalue weighted by Crippen LogP contribution is 2.17. The number of allylic oxidation sites excluding steroid dienone is 1. The van der Waals surface area contributed by atoms with E-state index in [0.29, 0.717) is 6.54 Å². The Balaban J connectivity index is 2.96. The Bertz CT molecular complexity index is 590. The summed E-state index contributed by atoms with van der Waals surface area (Å²) in [5.41, 5.74) is -0.339. The van der Waals surface area contributed by atoms with Gasteiger partial charge in [0.2, 0.25) is 5.69 Å². The van der Waals surface area contributed by atoms with E-state index in [1.165, 1.54) is 11.6 Å². The molecule has 1 heterocycles. The van der Waals surface area contributed by atoms with Gasteiger partial charge in [0.05, 0.1) is 11.5 Å². The number of nitrogens with zero attached hydrogens (tertiary/aromatic N) is 3. The molecule has 0 atom stereocenters. The van der Waals surface area contributed by atoms with Crippen molar-refractivity contribution in [1.82, 2.24) is 15.1 Å². The van der Waals surface area contributed by atoms with Crippen LogP contribution >= 0.6 is 0 Å². The molecule has 1 amide bonds. The number of aryl methyl sites for hydroxylation is 1. The molecule has 0 radical (unpaired) electrons. The number of aromatic nitrogens is 2. The molecule has 0 saturated carbocycles. The smallest absolute Gasteiger partial charge is 0.332 e. The van der Waals surface area contributed by atoms with Gasteiger partial charge in [-0.25, -0.2) is 4.79 Å². The number of hydrogen-bond donors (Lipinski definition) is 1. The van der Waals surface area contributed by atoms with Crippen molar-refractivity contribution in [3.63, 3.8) is 0 Å². The fourth-order valence-corrected chi connectivity index (χ4v) is 1.62. The summed E-state index contributed by atoms with van der Waals surface area (Å²) in [6.07, 6.45) is 2.11.